The Labute approximate surface area is 161 Å². The molecule has 1 aliphatic rings. The van der Waals surface area contributed by atoms with E-state index in [1.165, 1.54) is 0 Å². The third-order valence-electron chi connectivity index (χ3n) is 4.06. The number of carbonyl (C=O) groups excluding carboxylic acids is 1. The van der Waals surface area contributed by atoms with Crippen LogP contribution in [0.25, 0.3) is 0 Å². The molecular weight excluding hydrogens is 364 g/mol. The molecule has 0 radical (unpaired) electrons. The van der Waals surface area contributed by atoms with Gasteiger partial charge in [0.1, 0.15) is 5.17 Å². The van der Waals surface area contributed by atoms with Crippen molar-refractivity contribution in [2.45, 2.75) is 16.3 Å². The average Bonchev–Trinajstić information content (AvgIpc) is 2.82. The van der Waals surface area contributed by atoms with Crippen LogP contribution in [0.2, 0.25) is 0 Å². The minimum absolute atomic E-state index is 0.130. The van der Waals surface area contributed by atoms with Gasteiger partial charge in [0.05, 0.1) is 5.69 Å². The number of hydrogen-bond acceptors (Lipinski definition) is 3. The standard InChI is InChI=1S/C21H15ClN2OS/c22-20-16-8-4-5-9-18(16)26-19-11-10-15(12-17(19)24-20)21(25)23-13-14-6-2-1-3-7-14/h1-12H,13H2,(H,23,25). The Hall–Kier alpha value is -2.56. The summed E-state index contributed by atoms with van der Waals surface area (Å²) >= 11 is 8.00. The van der Waals surface area contributed by atoms with E-state index in [2.05, 4.69) is 10.3 Å². The Morgan fingerprint density at radius 1 is 0.962 bits per heavy atom. The Balaban J connectivity index is 1.58. The molecule has 1 N–H and O–H groups in total. The molecule has 5 heteroatoms. The highest BCUT2D eigenvalue weighted by atomic mass is 35.5. The van der Waals surface area contributed by atoms with E-state index in [-0.39, 0.29) is 5.91 Å². The molecule has 1 aliphatic heterocycles. The number of halogens is 1. The molecule has 26 heavy (non-hydrogen) atoms. The SMILES string of the molecule is O=C(NCc1ccccc1)c1ccc2c(c1)N=C(Cl)c1ccccc1S2. The highest BCUT2D eigenvalue weighted by molar-refractivity contribution is 7.99. The molecule has 0 atom stereocenters. The van der Waals surface area contributed by atoms with E-state index in [0.29, 0.717) is 23.0 Å². The number of aliphatic imine (C=N–C) groups is 1. The second-order valence-corrected chi connectivity index (χ2v) is 7.29. The summed E-state index contributed by atoms with van der Waals surface area (Å²) in [6.07, 6.45) is 0. The summed E-state index contributed by atoms with van der Waals surface area (Å²) in [4.78, 5) is 19.0. The van der Waals surface area contributed by atoms with Crippen LogP contribution in [0.1, 0.15) is 21.5 Å². The molecule has 0 unspecified atom stereocenters. The zero-order valence-electron chi connectivity index (χ0n) is 13.8. The van der Waals surface area contributed by atoms with Crippen LogP contribution >= 0.6 is 23.4 Å². The van der Waals surface area contributed by atoms with E-state index in [4.69, 9.17) is 11.6 Å². The van der Waals surface area contributed by atoms with Crippen molar-refractivity contribution >= 4 is 40.1 Å². The number of carbonyl (C=O) groups is 1. The molecule has 128 valence electrons. The minimum atomic E-state index is -0.130. The third-order valence-corrected chi connectivity index (χ3v) is 5.49. The molecule has 4 rings (SSSR count). The van der Waals surface area contributed by atoms with E-state index in [1.807, 2.05) is 66.7 Å². The van der Waals surface area contributed by atoms with Crippen molar-refractivity contribution < 1.29 is 4.79 Å². The maximum absolute atomic E-state index is 12.5. The lowest BCUT2D eigenvalue weighted by Gasteiger charge is -2.08. The van der Waals surface area contributed by atoms with Gasteiger partial charge in [-0.3, -0.25) is 4.79 Å². The predicted molar refractivity (Wildman–Crippen MR) is 107 cm³/mol. The van der Waals surface area contributed by atoms with Gasteiger partial charge in [0.25, 0.3) is 5.91 Å². The van der Waals surface area contributed by atoms with Crippen molar-refractivity contribution in [1.29, 1.82) is 0 Å². The maximum Gasteiger partial charge on any atom is 0.251 e. The van der Waals surface area contributed by atoms with Crippen molar-refractivity contribution in [3.05, 3.63) is 89.5 Å². The van der Waals surface area contributed by atoms with E-state index < -0.39 is 0 Å². The molecule has 1 amide bonds. The zero-order chi connectivity index (χ0) is 17.9. The number of hydrogen-bond donors (Lipinski definition) is 1. The first-order chi connectivity index (χ1) is 12.7. The van der Waals surface area contributed by atoms with Crippen LogP contribution in [0.4, 0.5) is 5.69 Å². The number of amides is 1. The van der Waals surface area contributed by atoms with Crippen molar-refractivity contribution in [3.63, 3.8) is 0 Å². The predicted octanol–water partition coefficient (Wildman–Crippen LogP) is 5.40. The van der Waals surface area contributed by atoms with Gasteiger partial charge in [-0.15, -0.1) is 0 Å². The summed E-state index contributed by atoms with van der Waals surface area (Å²) in [7, 11) is 0. The molecule has 0 aliphatic carbocycles. The lowest BCUT2D eigenvalue weighted by molar-refractivity contribution is 0.0951. The third kappa shape index (κ3) is 3.52. The summed E-state index contributed by atoms with van der Waals surface area (Å²) in [6.45, 7) is 0.487. The molecular formula is C21H15ClN2OS. The molecule has 0 saturated carbocycles. The van der Waals surface area contributed by atoms with Gasteiger partial charge in [-0.2, -0.15) is 0 Å². The largest absolute Gasteiger partial charge is 0.348 e. The van der Waals surface area contributed by atoms with Gasteiger partial charge in [-0.1, -0.05) is 71.9 Å². The van der Waals surface area contributed by atoms with E-state index in [0.717, 1.165) is 20.9 Å². The van der Waals surface area contributed by atoms with Crippen LogP contribution in [0.15, 0.2) is 87.6 Å². The second-order valence-electron chi connectivity index (χ2n) is 5.85. The van der Waals surface area contributed by atoms with E-state index >= 15 is 0 Å². The van der Waals surface area contributed by atoms with Crippen LogP contribution in [0, 0.1) is 0 Å². The highest BCUT2D eigenvalue weighted by Gasteiger charge is 2.17. The van der Waals surface area contributed by atoms with Gasteiger partial charge in [0.2, 0.25) is 0 Å². The van der Waals surface area contributed by atoms with Crippen LogP contribution in [-0.4, -0.2) is 11.1 Å². The highest BCUT2D eigenvalue weighted by Crippen LogP contribution is 2.41. The van der Waals surface area contributed by atoms with Gasteiger partial charge < -0.3 is 5.32 Å². The Morgan fingerprint density at radius 3 is 2.58 bits per heavy atom. The van der Waals surface area contributed by atoms with E-state index in [1.54, 1.807) is 17.8 Å². The quantitative estimate of drug-likeness (QED) is 0.663. The van der Waals surface area contributed by atoms with Crippen molar-refractivity contribution in [2.75, 3.05) is 0 Å². The number of rotatable bonds is 3. The number of nitrogens with zero attached hydrogens (tertiary/aromatic N) is 1. The molecule has 0 saturated heterocycles. The summed E-state index contributed by atoms with van der Waals surface area (Å²) in [5.41, 5.74) is 3.25. The van der Waals surface area contributed by atoms with Crippen molar-refractivity contribution in [2.24, 2.45) is 4.99 Å². The Bertz CT molecular complexity index is 1000. The number of nitrogens with one attached hydrogen (secondary N) is 1. The summed E-state index contributed by atoms with van der Waals surface area (Å²) < 4.78 is 0. The van der Waals surface area contributed by atoms with Crippen LogP contribution in [0.5, 0.6) is 0 Å². The first-order valence-corrected chi connectivity index (χ1v) is 9.38. The topological polar surface area (TPSA) is 41.5 Å². The van der Waals surface area contributed by atoms with Crippen molar-refractivity contribution in [1.82, 2.24) is 5.32 Å². The summed E-state index contributed by atoms with van der Waals surface area (Å²) in [5, 5.41) is 3.38. The van der Waals surface area contributed by atoms with Gasteiger partial charge in [0, 0.05) is 27.5 Å². The molecule has 0 spiro atoms. The lowest BCUT2D eigenvalue weighted by Crippen LogP contribution is -2.22. The normalized spacial score (nSPS) is 12.4. The van der Waals surface area contributed by atoms with Gasteiger partial charge in [-0.05, 0) is 29.8 Å². The lowest BCUT2D eigenvalue weighted by atomic mass is 10.1. The monoisotopic (exact) mass is 378 g/mol. The molecule has 1 heterocycles. The van der Waals surface area contributed by atoms with Crippen LogP contribution in [0.3, 0.4) is 0 Å². The second kappa shape index (κ2) is 7.36. The van der Waals surface area contributed by atoms with Crippen molar-refractivity contribution in [3.8, 4) is 0 Å². The molecule has 0 fully saturated rings. The fourth-order valence-corrected chi connectivity index (χ4v) is 4.04. The fourth-order valence-electron chi connectivity index (χ4n) is 2.72. The Kier molecular flexibility index (Phi) is 4.78. The van der Waals surface area contributed by atoms with Gasteiger partial charge >= 0.3 is 0 Å². The molecule has 3 aromatic rings. The van der Waals surface area contributed by atoms with Crippen LogP contribution < -0.4 is 5.32 Å². The number of benzene rings is 3. The zero-order valence-corrected chi connectivity index (χ0v) is 15.3. The summed E-state index contributed by atoms with van der Waals surface area (Å²) in [5.74, 6) is -0.130. The Morgan fingerprint density at radius 2 is 1.73 bits per heavy atom. The molecule has 3 aromatic carbocycles. The molecule has 3 nitrogen and oxygen atoms in total. The first kappa shape index (κ1) is 16.9. The van der Waals surface area contributed by atoms with Gasteiger partial charge in [-0.25, -0.2) is 4.99 Å². The number of fused-ring (bicyclic) bond motifs is 2. The van der Waals surface area contributed by atoms with E-state index in [9.17, 15) is 4.79 Å². The maximum atomic E-state index is 12.5. The fraction of sp³-hybridized carbons (Fsp3) is 0.0476. The average molecular weight is 379 g/mol. The molecule has 0 aromatic heterocycles. The smallest absolute Gasteiger partial charge is 0.251 e. The minimum Gasteiger partial charge on any atom is -0.348 e. The van der Waals surface area contributed by atoms with Crippen LogP contribution in [-0.2, 0) is 6.54 Å². The first-order valence-electron chi connectivity index (χ1n) is 8.18. The van der Waals surface area contributed by atoms with Gasteiger partial charge in [0.15, 0.2) is 0 Å². The summed E-state index contributed by atoms with van der Waals surface area (Å²) in [6, 6.07) is 23.3. The molecule has 0 bridgehead atoms.